The van der Waals surface area contributed by atoms with Crippen LogP contribution in [-0.2, 0) is 0 Å². The highest BCUT2D eigenvalue weighted by molar-refractivity contribution is 8.01. The summed E-state index contributed by atoms with van der Waals surface area (Å²) >= 11 is 8.80. The van der Waals surface area contributed by atoms with E-state index in [2.05, 4.69) is 9.36 Å². The van der Waals surface area contributed by atoms with E-state index < -0.39 is 0 Å². The molecule has 0 atom stereocenters. The van der Waals surface area contributed by atoms with Crippen LogP contribution in [0.5, 0.6) is 0 Å². The van der Waals surface area contributed by atoms with Crippen LogP contribution < -0.4 is 0 Å². The highest BCUT2D eigenvalue weighted by Crippen LogP contribution is 2.29. The second-order valence-corrected chi connectivity index (χ2v) is 5.17. The van der Waals surface area contributed by atoms with Crippen molar-refractivity contribution in [2.75, 3.05) is 0 Å². The Morgan fingerprint density at radius 1 is 1.29 bits per heavy atom. The van der Waals surface area contributed by atoms with E-state index >= 15 is 0 Å². The summed E-state index contributed by atoms with van der Waals surface area (Å²) in [6, 6.07) is 7.70. The molecule has 0 aliphatic carbocycles. The van der Waals surface area contributed by atoms with Gasteiger partial charge in [0.1, 0.15) is 5.82 Å². The number of nitrogens with zero attached hydrogens (tertiary/aromatic N) is 2. The lowest BCUT2D eigenvalue weighted by molar-refractivity contribution is 1.10. The maximum absolute atomic E-state index is 5.78. The SMILES string of the molecule is Cc1nsc(Sc2ccc(Cl)cc2)n1. The standard InChI is InChI=1S/C9H7ClN2S2/c1-6-11-9(14-12-6)13-8-4-2-7(10)3-5-8/h2-5H,1H3. The van der Waals surface area contributed by atoms with E-state index in [9.17, 15) is 0 Å². The fourth-order valence-corrected chi connectivity index (χ4v) is 2.67. The first-order valence-corrected chi connectivity index (χ1v) is 5.94. The van der Waals surface area contributed by atoms with Crippen LogP contribution in [0.1, 0.15) is 5.82 Å². The van der Waals surface area contributed by atoms with E-state index in [1.807, 2.05) is 31.2 Å². The molecule has 0 aliphatic rings. The number of rotatable bonds is 2. The molecule has 2 aromatic rings. The van der Waals surface area contributed by atoms with Gasteiger partial charge in [0.05, 0.1) is 0 Å². The molecule has 0 saturated heterocycles. The summed E-state index contributed by atoms with van der Waals surface area (Å²) in [5.41, 5.74) is 0. The molecule has 0 fully saturated rings. The van der Waals surface area contributed by atoms with E-state index in [4.69, 9.17) is 11.6 Å². The van der Waals surface area contributed by atoms with Gasteiger partial charge in [-0.15, -0.1) is 0 Å². The van der Waals surface area contributed by atoms with Crippen LogP contribution in [0.3, 0.4) is 0 Å². The van der Waals surface area contributed by atoms with Gasteiger partial charge in [0.15, 0.2) is 4.34 Å². The lowest BCUT2D eigenvalue weighted by Crippen LogP contribution is -1.73. The van der Waals surface area contributed by atoms with Crippen molar-refractivity contribution >= 4 is 34.9 Å². The van der Waals surface area contributed by atoms with Gasteiger partial charge in [-0.05, 0) is 42.7 Å². The molecule has 0 radical (unpaired) electrons. The predicted molar refractivity (Wildman–Crippen MR) is 60.2 cm³/mol. The first kappa shape index (κ1) is 9.96. The maximum atomic E-state index is 5.78. The monoisotopic (exact) mass is 242 g/mol. The Morgan fingerprint density at radius 2 is 2.00 bits per heavy atom. The van der Waals surface area contributed by atoms with Crippen molar-refractivity contribution in [3.05, 3.63) is 35.1 Å². The van der Waals surface area contributed by atoms with Gasteiger partial charge in [0.2, 0.25) is 0 Å². The number of halogens is 1. The van der Waals surface area contributed by atoms with Gasteiger partial charge in [-0.2, -0.15) is 4.37 Å². The number of aromatic nitrogens is 2. The Hall–Kier alpha value is -0.580. The molecule has 2 nitrogen and oxygen atoms in total. The van der Waals surface area contributed by atoms with Gasteiger partial charge in [-0.1, -0.05) is 23.4 Å². The number of aryl methyl sites for hydroxylation is 1. The summed E-state index contributed by atoms with van der Waals surface area (Å²) in [5, 5.41) is 0.753. The quantitative estimate of drug-likeness (QED) is 0.804. The van der Waals surface area contributed by atoms with E-state index in [-0.39, 0.29) is 0 Å². The van der Waals surface area contributed by atoms with Gasteiger partial charge in [0, 0.05) is 9.92 Å². The Labute approximate surface area is 95.5 Å². The second-order valence-electron chi connectivity index (χ2n) is 2.66. The number of hydrogen-bond acceptors (Lipinski definition) is 4. The van der Waals surface area contributed by atoms with Crippen molar-refractivity contribution in [3.63, 3.8) is 0 Å². The van der Waals surface area contributed by atoms with Crippen molar-refractivity contribution in [2.45, 2.75) is 16.2 Å². The summed E-state index contributed by atoms with van der Waals surface area (Å²) in [6.45, 7) is 1.89. The first-order valence-electron chi connectivity index (χ1n) is 3.98. The molecule has 14 heavy (non-hydrogen) atoms. The minimum Gasteiger partial charge on any atom is -0.213 e. The average Bonchev–Trinajstić information content (AvgIpc) is 2.56. The lowest BCUT2D eigenvalue weighted by atomic mass is 10.4. The van der Waals surface area contributed by atoms with Gasteiger partial charge in [-0.3, -0.25) is 0 Å². The molecular weight excluding hydrogens is 236 g/mol. The minimum absolute atomic E-state index is 0.753. The second kappa shape index (κ2) is 4.29. The van der Waals surface area contributed by atoms with Gasteiger partial charge >= 0.3 is 0 Å². The van der Waals surface area contributed by atoms with Crippen molar-refractivity contribution in [2.24, 2.45) is 0 Å². The van der Waals surface area contributed by atoms with Crippen molar-refractivity contribution in [3.8, 4) is 0 Å². The summed E-state index contributed by atoms with van der Waals surface area (Å²) in [4.78, 5) is 5.40. The Morgan fingerprint density at radius 3 is 2.57 bits per heavy atom. The molecule has 2 rings (SSSR count). The molecule has 0 bridgehead atoms. The zero-order valence-electron chi connectivity index (χ0n) is 7.40. The Kier molecular flexibility index (Phi) is 3.05. The third-order valence-corrected chi connectivity index (χ3v) is 3.63. The summed E-state index contributed by atoms with van der Waals surface area (Å²) in [6.07, 6.45) is 0. The van der Waals surface area contributed by atoms with Crippen molar-refractivity contribution in [1.29, 1.82) is 0 Å². The molecule has 72 valence electrons. The van der Waals surface area contributed by atoms with E-state index in [0.29, 0.717) is 0 Å². The number of benzene rings is 1. The largest absolute Gasteiger partial charge is 0.213 e. The molecule has 0 spiro atoms. The van der Waals surface area contributed by atoms with Crippen LogP contribution in [0.15, 0.2) is 33.5 Å². The fourth-order valence-electron chi connectivity index (χ4n) is 0.923. The third kappa shape index (κ3) is 2.47. The summed E-state index contributed by atoms with van der Waals surface area (Å²) in [5.74, 6) is 0.825. The van der Waals surface area contributed by atoms with Gasteiger partial charge in [-0.25, -0.2) is 4.98 Å². The normalized spacial score (nSPS) is 10.4. The van der Waals surface area contributed by atoms with E-state index in [0.717, 1.165) is 20.1 Å². The van der Waals surface area contributed by atoms with Crippen LogP contribution >= 0.6 is 34.9 Å². The number of hydrogen-bond donors (Lipinski definition) is 0. The molecule has 1 aromatic heterocycles. The molecule has 0 N–H and O–H groups in total. The van der Waals surface area contributed by atoms with Crippen LogP contribution in [-0.4, -0.2) is 9.36 Å². The van der Waals surface area contributed by atoms with E-state index in [1.54, 1.807) is 11.8 Å². The fraction of sp³-hybridized carbons (Fsp3) is 0.111. The zero-order chi connectivity index (χ0) is 9.97. The third-order valence-electron chi connectivity index (χ3n) is 1.53. The smallest absolute Gasteiger partial charge is 0.174 e. The molecule has 0 unspecified atom stereocenters. The van der Waals surface area contributed by atoms with Crippen LogP contribution in [0.2, 0.25) is 5.02 Å². The summed E-state index contributed by atoms with van der Waals surface area (Å²) in [7, 11) is 0. The van der Waals surface area contributed by atoms with Crippen LogP contribution in [0.25, 0.3) is 0 Å². The highest BCUT2D eigenvalue weighted by Gasteiger charge is 2.02. The van der Waals surface area contributed by atoms with Gasteiger partial charge < -0.3 is 0 Å². The predicted octanol–water partition coefficient (Wildman–Crippen LogP) is 3.65. The molecular formula is C9H7ClN2S2. The molecule has 0 saturated carbocycles. The zero-order valence-corrected chi connectivity index (χ0v) is 9.79. The highest BCUT2D eigenvalue weighted by atomic mass is 35.5. The topological polar surface area (TPSA) is 25.8 Å². The van der Waals surface area contributed by atoms with Crippen molar-refractivity contribution in [1.82, 2.24) is 9.36 Å². The Balaban J connectivity index is 2.15. The van der Waals surface area contributed by atoms with Crippen LogP contribution in [0, 0.1) is 6.92 Å². The first-order chi connectivity index (χ1) is 6.74. The Bertz CT molecular complexity index is 425. The lowest BCUT2D eigenvalue weighted by Gasteiger charge is -1.95. The minimum atomic E-state index is 0.753. The maximum Gasteiger partial charge on any atom is 0.174 e. The molecule has 0 amide bonds. The molecule has 5 heteroatoms. The molecule has 0 aliphatic heterocycles. The van der Waals surface area contributed by atoms with E-state index in [1.165, 1.54) is 11.5 Å². The molecule has 1 aromatic carbocycles. The van der Waals surface area contributed by atoms with Crippen molar-refractivity contribution < 1.29 is 0 Å². The summed E-state index contributed by atoms with van der Waals surface area (Å²) < 4.78 is 5.08. The van der Waals surface area contributed by atoms with Crippen LogP contribution in [0.4, 0.5) is 0 Å². The molecule has 1 heterocycles. The average molecular weight is 243 g/mol. The van der Waals surface area contributed by atoms with Gasteiger partial charge in [0.25, 0.3) is 0 Å².